The van der Waals surface area contributed by atoms with E-state index in [1.807, 2.05) is 6.08 Å². The Morgan fingerprint density at radius 3 is 2.67 bits per heavy atom. The van der Waals surface area contributed by atoms with Crippen LogP contribution in [0.5, 0.6) is 0 Å². The molecule has 1 aliphatic rings. The molecule has 1 aromatic heterocycles. The Morgan fingerprint density at radius 1 is 1.33 bits per heavy atom. The molecule has 1 heterocycles. The summed E-state index contributed by atoms with van der Waals surface area (Å²) in [6.45, 7) is -0.0355. The van der Waals surface area contributed by atoms with Crippen LogP contribution in [0.3, 0.4) is 0 Å². The number of rotatable bonds is 4. The molecule has 0 spiro atoms. The number of carbonyl (C=O) groups excluding carboxylic acids is 1. The van der Waals surface area contributed by atoms with Gasteiger partial charge in [-0.25, -0.2) is 0 Å². The number of esters is 1. The van der Waals surface area contributed by atoms with E-state index in [0.29, 0.717) is 6.42 Å². The highest BCUT2D eigenvalue weighted by atomic mass is 16.5. The van der Waals surface area contributed by atoms with Crippen LogP contribution >= 0.6 is 0 Å². The molecule has 0 fully saturated rings. The van der Waals surface area contributed by atoms with Crippen molar-refractivity contribution >= 4 is 17.9 Å². The van der Waals surface area contributed by atoms with Gasteiger partial charge in [-0.05, 0) is 18.8 Å². The number of carbonyl (C=O) groups is 1. The summed E-state index contributed by atoms with van der Waals surface area (Å²) in [5.74, 6) is 0.310. The van der Waals surface area contributed by atoms with Gasteiger partial charge in [0.2, 0.25) is 11.9 Å². The Kier molecular flexibility index (Phi) is 3.71. The molecule has 0 radical (unpaired) electrons. The maximum absolute atomic E-state index is 11.6. The van der Waals surface area contributed by atoms with Crippen molar-refractivity contribution in [3.05, 3.63) is 18.0 Å². The van der Waals surface area contributed by atoms with E-state index in [-0.39, 0.29) is 36.2 Å². The lowest BCUT2D eigenvalue weighted by atomic mass is 10.1. The first-order valence-electron chi connectivity index (χ1n) is 5.71. The van der Waals surface area contributed by atoms with Crippen LogP contribution < -0.4 is 11.5 Å². The SMILES string of the molecule is Nc1nc(N)nc(COC(=O)C[C@@H]2C=CCC2)n1. The smallest absolute Gasteiger partial charge is 0.306 e. The fraction of sp³-hybridized carbons (Fsp3) is 0.455. The van der Waals surface area contributed by atoms with E-state index >= 15 is 0 Å². The van der Waals surface area contributed by atoms with Crippen LogP contribution in [-0.4, -0.2) is 20.9 Å². The first-order chi connectivity index (χ1) is 8.63. The maximum atomic E-state index is 11.6. The van der Waals surface area contributed by atoms with Crippen molar-refractivity contribution in [2.75, 3.05) is 11.5 Å². The third kappa shape index (κ3) is 3.41. The fourth-order valence-electron chi connectivity index (χ4n) is 1.80. The normalized spacial score (nSPS) is 17.9. The molecule has 0 saturated carbocycles. The molecular weight excluding hydrogens is 234 g/mol. The second-order valence-corrected chi connectivity index (χ2v) is 4.10. The van der Waals surface area contributed by atoms with Gasteiger partial charge in [-0.2, -0.15) is 15.0 Å². The predicted octanol–water partition coefficient (Wildman–Crippen LogP) is 0.435. The average molecular weight is 249 g/mol. The molecule has 2 rings (SSSR count). The van der Waals surface area contributed by atoms with Crippen molar-refractivity contribution in [1.82, 2.24) is 15.0 Å². The summed E-state index contributed by atoms with van der Waals surface area (Å²) in [5.41, 5.74) is 10.8. The number of nitrogens with zero attached hydrogens (tertiary/aromatic N) is 3. The van der Waals surface area contributed by atoms with Crippen LogP contribution in [0.4, 0.5) is 11.9 Å². The summed E-state index contributed by atoms with van der Waals surface area (Å²) < 4.78 is 5.06. The summed E-state index contributed by atoms with van der Waals surface area (Å²) in [6.07, 6.45) is 6.53. The highest BCUT2D eigenvalue weighted by molar-refractivity contribution is 5.70. The molecule has 0 unspecified atom stereocenters. The number of allylic oxidation sites excluding steroid dienone is 2. The molecular formula is C11H15N5O2. The first-order valence-corrected chi connectivity index (χ1v) is 5.71. The minimum atomic E-state index is -0.274. The van der Waals surface area contributed by atoms with Gasteiger partial charge in [0.1, 0.15) is 0 Å². The lowest BCUT2D eigenvalue weighted by molar-refractivity contribution is -0.145. The zero-order valence-corrected chi connectivity index (χ0v) is 9.87. The van der Waals surface area contributed by atoms with Crippen molar-refractivity contribution < 1.29 is 9.53 Å². The second-order valence-electron chi connectivity index (χ2n) is 4.10. The summed E-state index contributed by atoms with van der Waals surface area (Å²) in [5, 5.41) is 0. The predicted molar refractivity (Wildman–Crippen MR) is 64.9 cm³/mol. The molecule has 0 aliphatic heterocycles. The van der Waals surface area contributed by atoms with Gasteiger partial charge in [0.05, 0.1) is 6.42 Å². The van der Waals surface area contributed by atoms with Gasteiger partial charge in [0.15, 0.2) is 12.4 Å². The first kappa shape index (κ1) is 12.3. The Labute approximate surface area is 104 Å². The topological polar surface area (TPSA) is 117 Å². The standard InChI is InChI=1S/C11H15N5O2/c12-10-14-8(15-11(13)16-10)6-18-9(17)5-7-3-1-2-4-7/h1,3,7H,2,4-6H2,(H4,12,13,14,15,16)/t7-/m1/s1. The highest BCUT2D eigenvalue weighted by Crippen LogP contribution is 2.20. The van der Waals surface area contributed by atoms with Crippen LogP contribution in [0.2, 0.25) is 0 Å². The zero-order valence-electron chi connectivity index (χ0n) is 9.87. The van der Waals surface area contributed by atoms with Crippen molar-refractivity contribution in [3.63, 3.8) is 0 Å². The van der Waals surface area contributed by atoms with E-state index in [4.69, 9.17) is 16.2 Å². The van der Waals surface area contributed by atoms with Gasteiger partial charge in [-0.3, -0.25) is 4.79 Å². The summed E-state index contributed by atoms with van der Waals surface area (Å²) in [4.78, 5) is 22.8. The van der Waals surface area contributed by atoms with Gasteiger partial charge >= 0.3 is 5.97 Å². The largest absolute Gasteiger partial charge is 0.457 e. The third-order valence-electron chi connectivity index (χ3n) is 2.62. The van der Waals surface area contributed by atoms with Gasteiger partial charge < -0.3 is 16.2 Å². The number of hydrogen-bond donors (Lipinski definition) is 2. The van der Waals surface area contributed by atoms with Crippen molar-refractivity contribution in [2.24, 2.45) is 5.92 Å². The average Bonchev–Trinajstić information content (AvgIpc) is 2.78. The van der Waals surface area contributed by atoms with E-state index in [2.05, 4.69) is 21.0 Å². The van der Waals surface area contributed by atoms with E-state index < -0.39 is 0 Å². The minimum Gasteiger partial charge on any atom is -0.457 e. The number of nitrogen functional groups attached to an aromatic ring is 2. The summed E-state index contributed by atoms with van der Waals surface area (Å²) >= 11 is 0. The fourth-order valence-corrected chi connectivity index (χ4v) is 1.80. The van der Waals surface area contributed by atoms with E-state index in [1.165, 1.54) is 0 Å². The van der Waals surface area contributed by atoms with Gasteiger partial charge in [0, 0.05) is 0 Å². The lowest BCUT2D eigenvalue weighted by Crippen LogP contribution is -2.12. The molecule has 96 valence electrons. The number of aromatic nitrogens is 3. The molecule has 18 heavy (non-hydrogen) atoms. The quantitative estimate of drug-likeness (QED) is 0.587. The lowest BCUT2D eigenvalue weighted by Gasteiger charge is -2.07. The van der Waals surface area contributed by atoms with Gasteiger partial charge in [-0.15, -0.1) is 0 Å². The van der Waals surface area contributed by atoms with E-state index in [0.717, 1.165) is 12.8 Å². The van der Waals surface area contributed by atoms with Crippen LogP contribution in [0, 0.1) is 5.92 Å². The molecule has 1 aromatic rings. The molecule has 0 aromatic carbocycles. The van der Waals surface area contributed by atoms with Crippen LogP contribution in [0.15, 0.2) is 12.2 Å². The molecule has 4 N–H and O–H groups in total. The molecule has 7 heteroatoms. The van der Waals surface area contributed by atoms with Crippen LogP contribution in [-0.2, 0) is 16.1 Å². The number of ether oxygens (including phenoxy) is 1. The van der Waals surface area contributed by atoms with Gasteiger partial charge in [-0.1, -0.05) is 12.2 Å². The Hall–Kier alpha value is -2.18. The van der Waals surface area contributed by atoms with Crippen molar-refractivity contribution in [3.8, 4) is 0 Å². The molecule has 0 saturated heterocycles. The number of nitrogens with two attached hydrogens (primary N) is 2. The molecule has 0 bridgehead atoms. The van der Waals surface area contributed by atoms with Crippen LogP contribution in [0.25, 0.3) is 0 Å². The third-order valence-corrected chi connectivity index (χ3v) is 2.62. The summed E-state index contributed by atoms with van der Waals surface area (Å²) in [7, 11) is 0. The molecule has 1 atom stereocenters. The van der Waals surface area contributed by atoms with Crippen molar-refractivity contribution in [1.29, 1.82) is 0 Å². The number of hydrogen-bond acceptors (Lipinski definition) is 7. The van der Waals surface area contributed by atoms with Crippen LogP contribution in [0.1, 0.15) is 25.1 Å². The minimum absolute atomic E-state index is 0.0206. The Bertz CT molecular complexity index is 454. The number of anilines is 2. The monoisotopic (exact) mass is 249 g/mol. The summed E-state index contributed by atoms with van der Waals surface area (Å²) in [6, 6.07) is 0. The molecule has 0 amide bonds. The zero-order chi connectivity index (χ0) is 13.0. The molecule has 1 aliphatic carbocycles. The van der Waals surface area contributed by atoms with E-state index in [9.17, 15) is 4.79 Å². The second kappa shape index (κ2) is 5.44. The van der Waals surface area contributed by atoms with E-state index in [1.54, 1.807) is 0 Å². The van der Waals surface area contributed by atoms with Crippen molar-refractivity contribution in [2.45, 2.75) is 25.9 Å². The molecule has 7 nitrogen and oxygen atoms in total. The maximum Gasteiger partial charge on any atom is 0.306 e. The highest BCUT2D eigenvalue weighted by Gasteiger charge is 2.15. The Morgan fingerprint density at radius 2 is 2.06 bits per heavy atom. The Balaban J connectivity index is 1.83. The van der Waals surface area contributed by atoms with Gasteiger partial charge in [0.25, 0.3) is 0 Å².